The van der Waals surface area contributed by atoms with Crippen molar-refractivity contribution in [2.75, 3.05) is 19.7 Å². The lowest BCUT2D eigenvalue weighted by Crippen LogP contribution is -2.55. The Morgan fingerprint density at radius 2 is 1.89 bits per heavy atom. The summed E-state index contributed by atoms with van der Waals surface area (Å²) in [6, 6.07) is 9.26. The molecule has 2 rings (SSSR count). The number of benzene rings is 1. The van der Waals surface area contributed by atoms with E-state index in [2.05, 4.69) is 0 Å². The number of nitrogens with zero attached hydrogens (tertiary/aromatic N) is 1. The smallest absolute Gasteiger partial charge is 0.356 e. The highest BCUT2D eigenvalue weighted by molar-refractivity contribution is 5.79. The molecule has 1 aromatic carbocycles. The summed E-state index contributed by atoms with van der Waals surface area (Å²) in [7, 11) is 0. The summed E-state index contributed by atoms with van der Waals surface area (Å²) < 4.78 is 5.74. The van der Waals surface area contributed by atoms with Gasteiger partial charge >= 0.3 is 5.97 Å². The van der Waals surface area contributed by atoms with Crippen LogP contribution in [0, 0.1) is 0 Å². The van der Waals surface area contributed by atoms with Gasteiger partial charge in [0.25, 0.3) is 0 Å². The molecule has 104 valence electrons. The fourth-order valence-corrected chi connectivity index (χ4v) is 2.76. The molecule has 0 amide bonds. The van der Waals surface area contributed by atoms with Crippen LogP contribution in [0.3, 0.4) is 0 Å². The van der Waals surface area contributed by atoms with E-state index in [1.165, 1.54) is 0 Å². The van der Waals surface area contributed by atoms with Gasteiger partial charge in [0.15, 0.2) is 0 Å². The van der Waals surface area contributed by atoms with Crippen LogP contribution in [0.5, 0.6) is 0 Å². The third-order valence-corrected chi connectivity index (χ3v) is 3.61. The second kappa shape index (κ2) is 6.17. The third kappa shape index (κ3) is 2.65. The average molecular weight is 263 g/mol. The van der Waals surface area contributed by atoms with E-state index in [1.54, 1.807) is 0 Å². The van der Waals surface area contributed by atoms with E-state index in [1.807, 2.05) is 42.2 Å². The van der Waals surface area contributed by atoms with Crippen molar-refractivity contribution >= 4 is 5.97 Å². The lowest BCUT2D eigenvalue weighted by molar-refractivity contribution is -0.204. The van der Waals surface area contributed by atoms with Crippen LogP contribution in [0.15, 0.2) is 30.3 Å². The Kier molecular flexibility index (Phi) is 4.56. The zero-order chi connectivity index (χ0) is 13.7. The molecule has 0 saturated carbocycles. The summed E-state index contributed by atoms with van der Waals surface area (Å²) in [6.07, 6.45) is 3.21. The highest BCUT2D eigenvalue weighted by atomic mass is 16.5. The van der Waals surface area contributed by atoms with E-state index in [0.29, 0.717) is 12.2 Å². The van der Waals surface area contributed by atoms with E-state index in [4.69, 9.17) is 4.74 Å². The van der Waals surface area contributed by atoms with Crippen molar-refractivity contribution in [3.63, 3.8) is 0 Å². The molecule has 1 atom stereocenters. The molecule has 1 aliphatic heterocycles. The normalized spacial score (nSPS) is 19.8. The van der Waals surface area contributed by atoms with E-state index in [-0.39, 0.29) is 0 Å². The summed E-state index contributed by atoms with van der Waals surface area (Å²) in [5.74, 6) is -0.928. The van der Waals surface area contributed by atoms with Crippen LogP contribution >= 0.6 is 0 Å². The van der Waals surface area contributed by atoms with Gasteiger partial charge in [0.1, 0.15) is 0 Å². The molecule has 1 heterocycles. The molecule has 1 unspecified atom stereocenters. The first-order valence-corrected chi connectivity index (χ1v) is 6.89. The van der Waals surface area contributed by atoms with Crippen LogP contribution in [-0.4, -0.2) is 35.7 Å². The molecule has 4 heteroatoms. The summed E-state index contributed by atoms with van der Waals surface area (Å²) in [5, 5.41) is 9.79. The van der Waals surface area contributed by atoms with Crippen LogP contribution in [0.2, 0.25) is 0 Å². The highest BCUT2D eigenvalue weighted by Crippen LogP contribution is 2.33. The second-order valence-corrected chi connectivity index (χ2v) is 4.80. The highest BCUT2D eigenvalue weighted by Gasteiger charge is 2.47. The lowest BCUT2D eigenvalue weighted by atomic mass is 9.97. The summed E-state index contributed by atoms with van der Waals surface area (Å²) in [4.78, 5) is 13.9. The number of piperidine rings is 1. The van der Waals surface area contributed by atoms with Gasteiger partial charge in [-0.3, -0.25) is 4.90 Å². The molecule has 1 fully saturated rings. The molecule has 0 spiro atoms. The average Bonchev–Trinajstić information content (AvgIpc) is 2.46. The van der Waals surface area contributed by atoms with E-state index in [9.17, 15) is 9.90 Å². The van der Waals surface area contributed by atoms with Gasteiger partial charge in [-0.15, -0.1) is 0 Å². The molecule has 1 aromatic rings. The van der Waals surface area contributed by atoms with Crippen molar-refractivity contribution < 1.29 is 14.6 Å². The Morgan fingerprint density at radius 3 is 2.42 bits per heavy atom. The number of aliphatic carboxylic acids is 1. The first-order chi connectivity index (χ1) is 9.21. The Bertz CT molecular complexity index is 415. The number of carbonyl (C=O) groups is 1. The van der Waals surface area contributed by atoms with E-state index < -0.39 is 11.7 Å². The van der Waals surface area contributed by atoms with Crippen molar-refractivity contribution in [1.29, 1.82) is 0 Å². The van der Waals surface area contributed by atoms with Crippen molar-refractivity contribution in [3.8, 4) is 0 Å². The number of hydrogen-bond acceptors (Lipinski definition) is 3. The zero-order valence-corrected chi connectivity index (χ0v) is 11.3. The van der Waals surface area contributed by atoms with Crippen molar-refractivity contribution in [3.05, 3.63) is 35.9 Å². The maximum Gasteiger partial charge on any atom is 0.356 e. The van der Waals surface area contributed by atoms with Gasteiger partial charge in [-0.25, -0.2) is 4.79 Å². The third-order valence-electron chi connectivity index (χ3n) is 3.61. The van der Waals surface area contributed by atoms with Gasteiger partial charge in [-0.1, -0.05) is 36.8 Å². The van der Waals surface area contributed by atoms with Gasteiger partial charge in [0.05, 0.1) is 0 Å². The van der Waals surface area contributed by atoms with Crippen LogP contribution in [0.25, 0.3) is 0 Å². The van der Waals surface area contributed by atoms with Gasteiger partial charge in [0.2, 0.25) is 5.72 Å². The summed E-state index contributed by atoms with van der Waals surface area (Å²) in [5.41, 5.74) is -0.637. The molecule has 1 saturated heterocycles. The molecule has 0 aliphatic carbocycles. The molecular formula is C15H21NO3. The molecule has 0 radical (unpaired) electrons. The van der Waals surface area contributed by atoms with Gasteiger partial charge in [-0.05, 0) is 19.8 Å². The fourth-order valence-electron chi connectivity index (χ4n) is 2.76. The number of rotatable bonds is 5. The monoisotopic (exact) mass is 263 g/mol. The number of carboxylic acid groups (broad SMARTS) is 1. The number of carboxylic acids is 1. The van der Waals surface area contributed by atoms with Crippen molar-refractivity contribution in [2.45, 2.75) is 31.9 Å². The van der Waals surface area contributed by atoms with Crippen LogP contribution < -0.4 is 0 Å². The van der Waals surface area contributed by atoms with Crippen molar-refractivity contribution in [1.82, 2.24) is 4.90 Å². The number of likely N-dealkylation sites (tertiary alicyclic amines) is 1. The number of ether oxygens (including phenoxy) is 1. The minimum Gasteiger partial charge on any atom is -0.478 e. The van der Waals surface area contributed by atoms with Gasteiger partial charge in [0, 0.05) is 25.3 Å². The van der Waals surface area contributed by atoms with E-state index >= 15 is 0 Å². The molecule has 0 aromatic heterocycles. The number of hydrogen-bond donors (Lipinski definition) is 1. The minimum absolute atomic E-state index is 0.373. The fraction of sp³-hybridized carbons (Fsp3) is 0.533. The Labute approximate surface area is 114 Å². The van der Waals surface area contributed by atoms with Crippen LogP contribution in [0.4, 0.5) is 0 Å². The molecule has 19 heavy (non-hydrogen) atoms. The first-order valence-electron chi connectivity index (χ1n) is 6.89. The minimum atomic E-state index is -1.34. The molecule has 0 bridgehead atoms. The Balaban J connectivity index is 2.43. The first kappa shape index (κ1) is 14.0. The maximum atomic E-state index is 11.9. The standard InChI is InChI=1S/C15H21NO3/c1-2-19-15(14(17)18,13-9-5-3-6-10-13)16-11-7-4-8-12-16/h3,5-6,9-10H,2,4,7-8,11-12H2,1H3,(H,17,18). The largest absolute Gasteiger partial charge is 0.478 e. The molecule has 4 nitrogen and oxygen atoms in total. The van der Waals surface area contributed by atoms with E-state index in [0.717, 1.165) is 32.4 Å². The topological polar surface area (TPSA) is 49.8 Å². The Morgan fingerprint density at radius 1 is 1.26 bits per heavy atom. The lowest BCUT2D eigenvalue weighted by Gasteiger charge is -2.42. The molecule has 1 N–H and O–H groups in total. The Hall–Kier alpha value is -1.39. The predicted molar refractivity (Wildman–Crippen MR) is 72.8 cm³/mol. The maximum absolute atomic E-state index is 11.9. The second-order valence-electron chi connectivity index (χ2n) is 4.80. The zero-order valence-electron chi connectivity index (χ0n) is 11.3. The summed E-state index contributed by atoms with van der Waals surface area (Å²) >= 11 is 0. The SMILES string of the molecule is CCOC(C(=O)O)(c1ccccc1)N1CCCCC1. The quantitative estimate of drug-likeness (QED) is 0.886. The van der Waals surface area contributed by atoms with Gasteiger partial charge < -0.3 is 9.84 Å². The van der Waals surface area contributed by atoms with Crippen LogP contribution in [0.1, 0.15) is 31.7 Å². The summed E-state index contributed by atoms with van der Waals surface area (Å²) in [6.45, 7) is 3.74. The molecule has 1 aliphatic rings. The van der Waals surface area contributed by atoms with Crippen LogP contribution in [-0.2, 0) is 15.3 Å². The predicted octanol–water partition coefficient (Wildman–Crippen LogP) is 2.45. The van der Waals surface area contributed by atoms with Gasteiger partial charge in [-0.2, -0.15) is 0 Å². The molecular weight excluding hydrogens is 242 g/mol. The van der Waals surface area contributed by atoms with Crippen molar-refractivity contribution in [2.24, 2.45) is 0 Å².